The van der Waals surface area contributed by atoms with Crippen molar-refractivity contribution >= 4 is 33.2 Å². The number of carbonyl (C=O) groups excluding carboxylic acids is 2. The molecule has 3 amide bonds. The zero-order chi connectivity index (χ0) is 24.6. The summed E-state index contributed by atoms with van der Waals surface area (Å²) in [6.07, 6.45) is 3.61. The van der Waals surface area contributed by atoms with E-state index in [9.17, 15) is 31.2 Å². The van der Waals surface area contributed by atoms with E-state index in [0.29, 0.717) is 12.1 Å². The molecular weight excluding hydrogens is 459 g/mol. The fraction of sp³-hybridized carbons (Fsp3) is 0.409. The minimum Gasteiger partial charge on any atom is -0.278 e. The van der Waals surface area contributed by atoms with Crippen LogP contribution in [-0.4, -0.2) is 36.4 Å². The van der Waals surface area contributed by atoms with Gasteiger partial charge in [0.1, 0.15) is 5.54 Å². The molecule has 7 nitrogen and oxygen atoms in total. The molecule has 4 rings (SSSR count). The number of amides is 3. The van der Waals surface area contributed by atoms with Crippen LogP contribution in [0.25, 0.3) is 0 Å². The van der Waals surface area contributed by atoms with Crippen LogP contribution in [0.4, 0.5) is 29.3 Å². The predicted molar refractivity (Wildman–Crippen MR) is 114 cm³/mol. The lowest BCUT2D eigenvalue weighted by molar-refractivity contribution is -0.119. The third kappa shape index (κ3) is 3.32. The van der Waals surface area contributed by atoms with Gasteiger partial charge in [-0.05, 0) is 53.6 Å². The fourth-order valence-electron chi connectivity index (χ4n) is 4.28. The van der Waals surface area contributed by atoms with Gasteiger partial charge in [-0.15, -0.1) is 0 Å². The Morgan fingerprint density at radius 3 is 2.12 bits per heavy atom. The highest BCUT2D eigenvalue weighted by Crippen LogP contribution is 2.56. The molecule has 2 unspecified atom stereocenters. The summed E-state index contributed by atoms with van der Waals surface area (Å²) < 4.78 is 61.9. The minimum atomic E-state index is -5.54. The van der Waals surface area contributed by atoms with Crippen molar-refractivity contribution in [2.75, 3.05) is 9.80 Å². The van der Waals surface area contributed by atoms with Crippen LogP contribution in [-0.2, 0) is 20.0 Å². The van der Waals surface area contributed by atoms with Crippen molar-refractivity contribution < 1.29 is 31.2 Å². The van der Waals surface area contributed by atoms with E-state index in [2.05, 4.69) is 4.98 Å². The van der Waals surface area contributed by atoms with Gasteiger partial charge in [-0.25, -0.2) is 18.1 Å². The largest absolute Gasteiger partial charge is 0.501 e. The first-order valence-corrected chi connectivity index (χ1v) is 11.7. The molecule has 11 heteroatoms. The van der Waals surface area contributed by atoms with E-state index in [-0.39, 0.29) is 17.0 Å². The second kappa shape index (κ2) is 7.02. The molecule has 0 bridgehead atoms. The van der Waals surface area contributed by atoms with E-state index in [1.165, 1.54) is 11.1 Å². The summed E-state index contributed by atoms with van der Waals surface area (Å²) in [5.41, 5.74) is -5.64. The van der Waals surface area contributed by atoms with Crippen molar-refractivity contribution in [2.45, 2.75) is 55.5 Å². The number of alkyl halides is 3. The van der Waals surface area contributed by atoms with Gasteiger partial charge >= 0.3 is 11.5 Å². The molecule has 0 radical (unpaired) electrons. The molecule has 1 spiro atoms. The van der Waals surface area contributed by atoms with E-state index < -0.39 is 37.7 Å². The summed E-state index contributed by atoms with van der Waals surface area (Å²) in [6, 6.07) is 4.59. The van der Waals surface area contributed by atoms with Crippen LogP contribution in [0.5, 0.6) is 0 Å². The zero-order valence-electron chi connectivity index (χ0n) is 18.3. The number of urea groups is 1. The predicted octanol–water partition coefficient (Wildman–Crippen LogP) is 4.42. The van der Waals surface area contributed by atoms with Crippen LogP contribution in [0, 0.1) is 5.92 Å². The topological polar surface area (TPSA) is 87.7 Å². The number of anilines is 2. The number of pyridine rings is 1. The summed E-state index contributed by atoms with van der Waals surface area (Å²) in [5.74, 6) is -0.632. The van der Waals surface area contributed by atoms with E-state index in [1.54, 1.807) is 12.3 Å². The molecule has 176 valence electrons. The van der Waals surface area contributed by atoms with Crippen LogP contribution < -0.4 is 9.80 Å². The fourth-order valence-corrected chi connectivity index (χ4v) is 5.04. The molecule has 2 aliphatic rings. The lowest BCUT2D eigenvalue weighted by atomic mass is 9.86. The van der Waals surface area contributed by atoms with Gasteiger partial charge in [-0.2, -0.15) is 13.2 Å². The SMILES string of the molecule is CC1CC12C(=O)N(c1ccc(S(=O)(=O)C(F)(F)F)cc1)C(=O)N2c1ccncc1C(C)(C)C. The molecule has 33 heavy (non-hydrogen) atoms. The monoisotopic (exact) mass is 481 g/mol. The lowest BCUT2D eigenvalue weighted by Crippen LogP contribution is -2.40. The Balaban J connectivity index is 1.79. The van der Waals surface area contributed by atoms with E-state index >= 15 is 0 Å². The Morgan fingerprint density at radius 2 is 1.64 bits per heavy atom. The molecule has 1 aliphatic carbocycles. The smallest absolute Gasteiger partial charge is 0.278 e. The Hall–Kier alpha value is -2.95. The second-order valence-electron chi connectivity index (χ2n) is 9.37. The van der Waals surface area contributed by atoms with Gasteiger partial charge in [0.2, 0.25) is 0 Å². The number of aromatic nitrogens is 1. The molecule has 1 aromatic carbocycles. The maximum Gasteiger partial charge on any atom is 0.501 e. The van der Waals surface area contributed by atoms with Crippen LogP contribution in [0.15, 0.2) is 47.6 Å². The molecule has 0 N–H and O–H groups in total. The molecule has 2 fully saturated rings. The molecule has 2 atom stereocenters. The van der Waals surface area contributed by atoms with Gasteiger partial charge in [-0.1, -0.05) is 27.7 Å². The van der Waals surface area contributed by atoms with Crippen molar-refractivity contribution in [3.63, 3.8) is 0 Å². The number of halogens is 3. The second-order valence-corrected chi connectivity index (χ2v) is 11.3. The number of nitrogens with zero attached hydrogens (tertiary/aromatic N) is 3. The summed E-state index contributed by atoms with van der Waals surface area (Å²) in [6.45, 7) is 7.71. The number of hydrogen-bond acceptors (Lipinski definition) is 5. The number of imide groups is 1. The molecular formula is C22H22F3N3O4S. The zero-order valence-corrected chi connectivity index (χ0v) is 19.2. The van der Waals surface area contributed by atoms with Crippen molar-refractivity contribution in [1.29, 1.82) is 0 Å². The number of benzene rings is 1. The maximum absolute atomic E-state index is 13.6. The molecule has 1 aliphatic heterocycles. The number of carbonyl (C=O) groups is 2. The Morgan fingerprint density at radius 1 is 1.06 bits per heavy atom. The number of rotatable bonds is 3. The molecule has 1 saturated carbocycles. The third-order valence-corrected chi connectivity index (χ3v) is 7.69. The van der Waals surface area contributed by atoms with Gasteiger partial charge < -0.3 is 0 Å². The summed E-state index contributed by atoms with van der Waals surface area (Å²) in [5, 5.41) is 0. The van der Waals surface area contributed by atoms with Crippen LogP contribution in [0.2, 0.25) is 0 Å². The van der Waals surface area contributed by atoms with E-state index in [1.807, 2.05) is 27.7 Å². The average Bonchev–Trinajstić information content (AvgIpc) is 3.32. The maximum atomic E-state index is 13.6. The standard InChI is InChI=1S/C22H22F3N3O4S/c1-13-11-21(13)18(29)27(14-5-7-15(8-6-14)33(31,32)22(23,24)25)19(30)28(21)17-9-10-26-12-16(17)20(2,3)4/h5-10,12-13H,11H2,1-4H3. The normalized spacial score (nSPS) is 23.5. The van der Waals surface area contributed by atoms with Gasteiger partial charge in [0.05, 0.1) is 16.3 Å². The van der Waals surface area contributed by atoms with Gasteiger partial charge in [0.15, 0.2) is 0 Å². The summed E-state index contributed by atoms with van der Waals surface area (Å²) in [4.78, 5) is 32.5. The van der Waals surface area contributed by atoms with Crippen molar-refractivity contribution in [1.82, 2.24) is 4.98 Å². The first-order valence-electron chi connectivity index (χ1n) is 10.2. The number of hydrogen-bond donors (Lipinski definition) is 0. The number of sulfone groups is 1. The highest BCUT2D eigenvalue weighted by atomic mass is 32.2. The van der Waals surface area contributed by atoms with Crippen molar-refractivity contribution in [3.8, 4) is 0 Å². The quantitative estimate of drug-likeness (QED) is 0.606. The molecule has 1 saturated heterocycles. The Kier molecular flexibility index (Phi) is 4.94. The summed E-state index contributed by atoms with van der Waals surface area (Å²) in [7, 11) is -5.54. The van der Waals surface area contributed by atoms with E-state index in [0.717, 1.165) is 34.7 Å². The first-order chi connectivity index (χ1) is 15.1. The van der Waals surface area contributed by atoms with Gasteiger partial charge in [-0.3, -0.25) is 14.7 Å². The minimum absolute atomic E-state index is 0.00142. The van der Waals surface area contributed by atoms with Crippen molar-refractivity contribution in [2.24, 2.45) is 5.92 Å². The van der Waals surface area contributed by atoms with Crippen LogP contribution >= 0.6 is 0 Å². The average molecular weight is 481 g/mol. The summed E-state index contributed by atoms with van der Waals surface area (Å²) >= 11 is 0. The highest BCUT2D eigenvalue weighted by Gasteiger charge is 2.71. The lowest BCUT2D eigenvalue weighted by Gasteiger charge is -2.29. The highest BCUT2D eigenvalue weighted by molar-refractivity contribution is 7.92. The van der Waals surface area contributed by atoms with Gasteiger partial charge in [0.25, 0.3) is 15.7 Å². The van der Waals surface area contributed by atoms with Crippen LogP contribution in [0.1, 0.15) is 39.7 Å². The Labute approximate surface area is 189 Å². The molecule has 2 heterocycles. The molecule has 2 aromatic rings. The van der Waals surface area contributed by atoms with E-state index in [4.69, 9.17) is 0 Å². The first kappa shape index (κ1) is 23.2. The Bertz CT molecular complexity index is 1250. The van der Waals surface area contributed by atoms with Crippen LogP contribution in [0.3, 0.4) is 0 Å². The molecule has 1 aromatic heterocycles. The third-order valence-electron chi connectivity index (χ3n) is 6.18. The van der Waals surface area contributed by atoms with Crippen molar-refractivity contribution in [3.05, 3.63) is 48.3 Å². The van der Waals surface area contributed by atoms with Gasteiger partial charge in [0, 0.05) is 12.4 Å².